The molecule has 2 aromatic rings. The van der Waals surface area contributed by atoms with Gasteiger partial charge in [0.2, 0.25) is 0 Å². The molecule has 2 aromatic carbocycles. The lowest BCUT2D eigenvalue weighted by Gasteiger charge is -2.35. The molecule has 4 heteroatoms. The molecule has 2 atom stereocenters. The van der Waals surface area contributed by atoms with Crippen molar-refractivity contribution in [2.75, 3.05) is 32.9 Å². The van der Waals surface area contributed by atoms with Gasteiger partial charge in [0, 0.05) is 19.1 Å². The number of hydrogen-bond donors (Lipinski definition) is 1. The van der Waals surface area contributed by atoms with E-state index in [1.54, 1.807) is 0 Å². The molecule has 0 aliphatic carbocycles. The van der Waals surface area contributed by atoms with E-state index in [-0.39, 0.29) is 12.1 Å². The summed E-state index contributed by atoms with van der Waals surface area (Å²) in [4.78, 5) is 2.26. The number of aliphatic hydroxyl groups is 1. The minimum absolute atomic E-state index is 0.0519. The van der Waals surface area contributed by atoms with Crippen LogP contribution in [0, 0.1) is 0 Å². The first-order valence-corrected chi connectivity index (χ1v) is 8.97. The number of ether oxygens (including phenoxy) is 2. The summed E-state index contributed by atoms with van der Waals surface area (Å²) < 4.78 is 11.6. The highest BCUT2D eigenvalue weighted by Gasteiger charge is 2.25. The predicted molar refractivity (Wildman–Crippen MR) is 98.5 cm³/mol. The van der Waals surface area contributed by atoms with Crippen molar-refractivity contribution in [3.63, 3.8) is 0 Å². The van der Waals surface area contributed by atoms with E-state index in [0.717, 1.165) is 37.4 Å². The SMILES string of the molecule is C[C@@H]([C@H](O)COC(c1ccccc1)c1ccccc1)N1CCOCC1. The van der Waals surface area contributed by atoms with Crippen LogP contribution in [0.25, 0.3) is 0 Å². The summed E-state index contributed by atoms with van der Waals surface area (Å²) in [6.45, 7) is 5.54. The van der Waals surface area contributed by atoms with Crippen molar-refractivity contribution in [2.24, 2.45) is 0 Å². The molecule has 1 aliphatic heterocycles. The van der Waals surface area contributed by atoms with Gasteiger partial charge in [-0.3, -0.25) is 4.90 Å². The van der Waals surface area contributed by atoms with Gasteiger partial charge in [-0.1, -0.05) is 60.7 Å². The van der Waals surface area contributed by atoms with E-state index >= 15 is 0 Å². The van der Waals surface area contributed by atoms with Crippen molar-refractivity contribution >= 4 is 0 Å². The molecule has 0 unspecified atom stereocenters. The Morgan fingerprint density at radius 3 is 2.00 bits per heavy atom. The molecule has 3 rings (SSSR count). The van der Waals surface area contributed by atoms with Gasteiger partial charge in [-0.25, -0.2) is 0 Å². The molecule has 25 heavy (non-hydrogen) atoms. The van der Waals surface area contributed by atoms with E-state index in [1.807, 2.05) is 36.4 Å². The lowest BCUT2D eigenvalue weighted by molar-refractivity contribution is -0.0548. The van der Waals surface area contributed by atoms with E-state index in [4.69, 9.17) is 9.47 Å². The quantitative estimate of drug-likeness (QED) is 0.841. The van der Waals surface area contributed by atoms with Crippen LogP contribution in [0.3, 0.4) is 0 Å². The van der Waals surface area contributed by atoms with Gasteiger partial charge in [0.25, 0.3) is 0 Å². The number of nitrogens with zero attached hydrogens (tertiary/aromatic N) is 1. The number of rotatable bonds is 7. The third kappa shape index (κ3) is 4.89. The zero-order chi connectivity index (χ0) is 17.5. The van der Waals surface area contributed by atoms with Gasteiger partial charge in [-0.15, -0.1) is 0 Å². The fraction of sp³-hybridized carbons (Fsp3) is 0.429. The second-order valence-electron chi connectivity index (χ2n) is 6.49. The van der Waals surface area contributed by atoms with Gasteiger partial charge in [0.05, 0.1) is 25.9 Å². The van der Waals surface area contributed by atoms with Gasteiger partial charge in [-0.05, 0) is 18.1 Å². The zero-order valence-electron chi connectivity index (χ0n) is 14.8. The normalized spacial score (nSPS) is 18.2. The summed E-state index contributed by atoms with van der Waals surface area (Å²) >= 11 is 0. The lowest BCUT2D eigenvalue weighted by atomic mass is 10.0. The van der Waals surface area contributed by atoms with Crippen LogP contribution in [-0.2, 0) is 9.47 Å². The van der Waals surface area contributed by atoms with Crippen molar-refractivity contribution in [3.05, 3.63) is 71.8 Å². The van der Waals surface area contributed by atoms with Gasteiger partial charge < -0.3 is 14.6 Å². The Balaban J connectivity index is 1.66. The van der Waals surface area contributed by atoms with Crippen LogP contribution in [0.2, 0.25) is 0 Å². The Labute approximate surface area is 150 Å². The summed E-state index contributed by atoms with van der Waals surface area (Å²) in [7, 11) is 0. The highest BCUT2D eigenvalue weighted by molar-refractivity contribution is 5.29. The molecule has 1 saturated heterocycles. The molecule has 1 aliphatic rings. The molecule has 1 N–H and O–H groups in total. The summed E-state index contributed by atoms with van der Waals surface area (Å²) in [6, 6.07) is 20.4. The maximum atomic E-state index is 10.6. The maximum absolute atomic E-state index is 10.6. The summed E-state index contributed by atoms with van der Waals surface area (Å²) in [6.07, 6.45) is -0.707. The third-order valence-corrected chi connectivity index (χ3v) is 4.82. The average Bonchev–Trinajstić information content (AvgIpc) is 2.70. The Morgan fingerprint density at radius 1 is 0.960 bits per heavy atom. The second kappa shape index (κ2) is 9.11. The second-order valence-corrected chi connectivity index (χ2v) is 6.49. The molecule has 0 spiro atoms. The van der Waals surface area contributed by atoms with E-state index in [9.17, 15) is 5.11 Å². The molecule has 0 radical (unpaired) electrons. The maximum Gasteiger partial charge on any atom is 0.108 e. The smallest absolute Gasteiger partial charge is 0.108 e. The lowest BCUT2D eigenvalue weighted by Crippen LogP contribution is -2.48. The van der Waals surface area contributed by atoms with Gasteiger partial charge in [0.1, 0.15) is 6.10 Å². The van der Waals surface area contributed by atoms with E-state index in [0.29, 0.717) is 6.61 Å². The van der Waals surface area contributed by atoms with Crippen LogP contribution < -0.4 is 0 Å². The van der Waals surface area contributed by atoms with Crippen molar-refractivity contribution in [2.45, 2.75) is 25.2 Å². The van der Waals surface area contributed by atoms with Crippen LogP contribution in [0.5, 0.6) is 0 Å². The minimum Gasteiger partial charge on any atom is -0.389 e. The first-order chi connectivity index (χ1) is 12.3. The molecule has 0 bridgehead atoms. The third-order valence-electron chi connectivity index (χ3n) is 4.82. The fourth-order valence-corrected chi connectivity index (χ4v) is 3.20. The topological polar surface area (TPSA) is 41.9 Å². The molecule has 134 valence electrons. The van der Waals surface area contributed by atoms with Crippen LogP contribution in [0.4, 0.5) is 0 Å². The number of morpholine rings is 1. The van der Waals surface area contributed by atoms with Crippen LogP contribution >= 0.6 is 0 Å². The molecular formula is C21H27NO3. The van der Waals surface area contributed by atoms with Gasteiger partial charge in [0.15, 0.2) is 0 Å². The molecule has 1 fully saturated rings. The van der Waals surface area contributed by atoms with Crippen LogP contribution in [-0.4, -0.2) is 55.1 Å². The number of aliphatic hydroxyl groups excluding tert-OH is 1. The predicted octanol–water partition coefficient (Wildman–Crippen LogP) is 2.87. The number of benzene rings is 2. The Bertz CT molecular complexity index is 574. The summed E-state index contributed by atoms with van der Waals surface area (Å²) in [5.74, 6) is 0. The van der Waals surface area contributed by atoms with Gasteiger partial charge in [-0.2, -0.15) is 0 Å². The van der Waals surface area contributed by atoms with E-state index in [1.165, 1.54) is 0 Å². The zero-order valence-corrected chi connectivity index (χ0v) is 14.8. The first-order valence-electron chi connectivity index (χ1n) is 8.97. The highest BCUT2D eigenvalue weighted by atomic mass is 16.5. The average molecular weight is 341 g/mol. The molecule has 4 nitrogen and oxygen atoms in total. The van der Waals surface area contributed by atoms with E-state index in [2.05, 4.69) is 36.1 Å². The van der Waals surface area contributed by atoms with Crippen LogP contribution in [0.1, 0.15) is 24.2 Å². The molecule has 0 saturated carbocycles. The van der Waals surface area contributed by atoms with E-state index < -0.39 is 6.10 Å². The van der Waals surface area contributed by atoms with Crippen LogP contribution in [0.15, 0.2) is 60.7 Å². The van der Waals surface area contributed by atoms with Crippen molar-refractivity contribution in [1.82, 2.24) is 4.90 Å². The summed E-state index contributed by atoms with van der Waals surface area (Å²) in [5, 5.41) is 10.6. The van der Waals surface area contributed by atoms with Crippen molar-refractivity contribution < 1.29 is 14.6 Å². The standard InChI is InChI=1S/C21H27NO3/c1-17(22-12-14-24-15-13-22)20(23)16-25-21(18-8-4-2-5-9-18)19-10-6-3-7-11-19/h2-11,17,20-21,23H,12-16H2,1H3/t17-,20+/m0/s1. The Morgan fingerprint density at radius 2 is 1.48 bits per heavy atom. The van der Waals surface area contributed by atoms with Crippen molar-refractivity contribution in [1.29, 1.82) is 0 Å². The highest BCUT2D eigenvalue weighted by Crippen LogP contribution is 2.26. The molecule has 0 aromatic heterocycles. The minimum atomic E-state index is -0.534. The monoisotopic (exact) mass is 341 g/mol. The largest absolute Gasteiger partial charge is 0.389 e. The molecule has 0 amide bonds. The molecular weight excluding hydrogens is 314 g/mol. The Kier molecular flexibility index (Phi) is 6.59. The summed E-state index contributed by atoms with van der Waals surface area (Å²) in [5.41, 5.74) is 2.19. The Hall–Kier alpha value is -1.72. The van der Waals surface area contributed by atoms with Gasteiger partial charge >= 0.3 is 0 Å². The fourth-order valence-electron chi connectivity index (χ4n) is 3.20. The first kappa shape index (κ1) is 18.1. The number of hydrogen-bond acceptors (Lipinski definition) is 4. The van der Waals surface area contributed by atoms with Crippen molar-refractivity contribution in [3.8, 4) is 0 Å². The molecule has 1 heterocycles.